The largest absolute Gasteiger partial charge is 0.508 e. The van der Waals surface area contributed by atoms with Gasteiger partial charge in [0.15, 0.2) is 6.23 Å². The number of aliphatic hydroxyl groups excluding tert-OH is 7. The molecule has 24 heteroatoms. The summed E-state index contributed by atoms with van der Waals surface area (Å²) in [5.41, 5.74) is 0.971. The number of nitrogens with one attached hydrogen (secondary N) is 5. The third-order valence-corrected chi connectivity index (χ3v) is 17.1. The molecule has 0 aliphatic carbocycles. The van der Waals surface area contributed by atoms with E-state index in [1.54, 1.807) is 30.3 Å². The van der Waals surface area contributed by atoms with Gasteiger partial charge in [-0.25, -0.2) is 0 Å². The van der Waals surface area contributed by atoms with E-state index in [0.29, 0.717) is 29.9 Å². The Morgan fingerprint density at radius 1 is 0.741 bits per heavy atom. The molecule has 6 rings (SSSR count). The second-order valence-corrected chi connectivity index (χ2v) is 23.9. The van der Waals surface area contributed by atoms with Gasteiger partial charge >= 0.3 is 0 Å². The number of hydrogen-bond donors (Lipinski definition) is 13. The fourth-order valence-corrected chi connectivity index (χ4v) is 11.7. The van der Waals surface area contributed by atoms with Crippen molar-refractivity contribution < 1.29 is 79.2 Å². The maximum atomic E-state index is 14.7. The monoisotopic (exact) mass is 1190 g/mol. The number of phenolic OH excluding ortho intramolecular Hbond substituents is 1. The van der Waals surface area contributed by atoms with E-state index in [0.717, 1.165) is 80.7 Å². The van der Waals surface area contributed by atoms with Gasteiger partial charge in [-0.3, -0.25) is 38.5 Å². The van der Waals surface area contributed by atoms with Crippen LogP contribution in [0, 0.1) is 11.8 Å². The summed E-state index contributed by atoms with van der Waals surface area (Å²) in [4.78, 5) is 105. The molecular formula is C61H94N8O16. The van der Waals surface area contributed by atoms with Gasteiger partial charge in [-0.15, -0.1) is 0 Å². The Bertz CT molecular complexity index is 2510. The number of amides is 7. The van der Waals surface area contributed by atoms with Gasteiger partial charge in [-0.05, 0) is 68.5 Å². The zero-order valence-electron chi connectivity index (χ0n) is 49.7. The van der Waals surface area contributed by atoms with Crippen LogP contribution in [0.25, 0.3) is 0 Å². The molecule has 2 aromatic rings. The van der Waals surface area contributed by atoms with Gasteiger partial charge in [-0.1, -0.05) is 121 Å². The molecule has 4 saturated heterocycles. The highest BCUT2D eigenvalue weighted by Crippen LogP contribution is 2.30. The van der Waals surface area contributed by atoms with E-state index in [2.05, 4.69) is 45.3 Å². The van der Waals surface area contributed by atoms with E-state index in [1.165, 1.54) is 44.9 Å². The lowest BCUT2D eigenvalue weighted by molar-refractivity contribution is -0.149. The number of phenols is 1. The van der Waals surface area contributed by atoms with Crippen LogP contribution >= 0.6 is 0 Å². The second-order valence-electron chi connectivity index (χ2n) is 23.9. The normalized spacial score (nSPS) is 28.4. The SMILES string of the molecule is CCC(C)CCCCCCCCCCC(=O)N[C@H]1C[C@@H](O)[C@@H](OCc2ccccc2)NC(=O)[C@@H]2[C@@H](O)[C@@H](C)CN2C(=O)[C@H](CO)NC(=O)[C@H]([C@H](O)[C@@H](O)c2ccc(O)c(CN3CCCCC3)c2)NC(=O)[C@@H]2C[C@@H](O)CN2C(=O)[C@H]([C@@H](C)O)NC1=O. The van der Waals surface area contributed by atoms with Crippen molar-refractivity contribution in [2.45, 2.75) is 223 Å². The molecule has 4 heterocycles. The third-order valence-electron chi connectivity index (χ3n) is 17.1. The first-order chi connectivity index (χ1) is 40.6. The van der Waals surface area contributed by atoms with E-state index in [9.17, 15) is 74.4 Å². The average Bonchev–Trinajstić information content (AvgIpc) is 2.95. The lowest BCUT2D eigenvalue weighted by Crippen LogP contribution is -2.63. The summed E-state index contributed by atoms with van der Waals surface area (Å²) in [5.74, 6) is -7.71. The number of likely N-dealkylation sites (tertiary alicyclic amines) is 1. The number of aromatic hydroxyl groups is 1. The van der Waals surface area contributed by atoms with Gasteiger partial charge < -0.3 is 82.0 Å². The zero-order valence-corrected chi connectivity index (χ0v) is 49.7. The van der Waals surface area contributed by atoms with Gasteiger partial charge in [0.25, 0.3) is 0 Å². The van der Waals surface area contributed by atoms with E-state index in [1.807, 2.05) is 0 Å². The Morgan fingerprint density at radius 2 is 1.40 bits per heavy atom. The summed E-state index contributed by atoms with van der Waals surface area (Å²) in [7, 11) is 0. The highest BCUT2D eigenvalue weighted by molar-refractivity contribution is 5.98. The zero-order chi connectivity index (χ0) is 61.9. The number of aliphatic hydroxyl groups is 7. The Morgan fingerprint density at radius 3 is 2.06 bits per heavy atom. The van der Waals surface area contributed by atoms with E-state index >= 15 is 0 Å². The van der Waals surface area contributed by atoms with Gasteiger partial charge in [-0.2, -0.15) is 0 Å². The molecule has 7 amide bonds. The molecule has 4 fully saturated rings. The molecular weight excluding hydrogens is 1100 g/mol. The van der Waals surface area contributed by atoms with Crippen molar-refractivity contribution in [3.63, 3.8) is 0 Å². The van der Waals surface area contributed by atoms with Crippen molar-refractivity contribution in [2.75, 3.05) is 32.8 Å². The highest BCUT2D eigenvalue weighted by atomic mass is 16.5. The summed E-state index contributed by atoms with van der Waals surface area (Å²) in [6.07, 6.45) is -0.911. The molecule has 13 N–H and O–H groups in total. The third kappa shape index (κ3) is 19.3. The number of carbonyl (C=O) groups is 7. The van der Waals surface area contributed by atoms with Crippen LogP contribution in [0.2, 0.25) is 0 Å². The highest BCUT2D eigenvalue weighted by Gasteiger charge is 2.50. The molecule has 0 bridgehead atoms. The van der Waals surface area contributed by atoms with Crippen LogP contribution < -0.4 is 26.6 Å². The van der Waals surface area contributed by atoms with Crippen LogP contribution in [-0.4, -0.2) is 203 Å². The first kappa shape index (κ1) is 68.3. The minimum absolute atomic E-state index is 0.00327. The minimum Gasteiger partial charge on any atom is -0.508 e. The minimum atomic E-state index is -2.27. The lowest BCUT2D eigenvalue weighted by atomic mass is 9.95. The van der Waals surface area contributed by atoms with Crippen molar-refractivity contribution >= 4 is 41.4 Å². The second kappa shape index (κ2) is 33.3. The number of nitrogens with zero attached hydrogens (tertiary/aromatic N) is 3. The van der Waals surface area contributed by atoms with Crippen LogP contribution in [-0.2, 0) is 51.5 Å². The predicted octanol–water partition coefficient (Wildman–Crippen LogP) is 0.625. The number of benzene rings is 2. The summed E-state index contributed by atoms with van der Waals surface area (Å²) >= 11 is 0. The van der Waals surface area contributed by atoms with Crippen molar-refractivity contribution in [1.82, 2.24) is 41.3 Å². The van der Waals surface area contributed by atoms with Crippen LogP contribution in [0.5, 0.6) is 5.75 Å². The molecule has 0 radical (unpaired) electrons. The van der Waals surface area contributed by atoms with Crippen molar-refractivity contribution in [1.29, 1.82) is 0 Å². The number of fused-ring (bicyclic) bond motifs is 2. The van der Waals surface area contributed by atoms with Crippen molar-refractivity contribution in [3.05, 3.63) is 65.2 Å². The number of piperidine rings is 1. The van der Waals surface area contributed by atoms with E-state index in [4.69, 9.17) is 4.74 Å². The summed E-state index contributed by atoms with van der Waals surface area (Å²) < 4.78 is 6.11. The number of ether oxygens (including phenoxy) is 1. The summed E-state index contributed by atoms with van der Waals surface area (Å²) in [6.45, 7) is 6.72. The lowest BCUT2D eigenvalue weighted by Gasteiger charge is -2.33. The van der Waals surface area contributed by atoms with Crippen LogP contribution in [0.4, 0.5) is 0 Å². The first-order valence-corrected chi connectivity index (χ1v) is 30.6. The fourth-order valence-electron chi connectivity index (χ4n) is 11.7. The molecule has 15 atom stereocenters. The van der Waals surface area contributed by atoms with Crippen LogP contribution in [0.3, 0.4) is 0 Å². The Hall–Kier alpha value is -5.83. The molecule has 0 spiro atoms. The molecule has 1 unspecified atom stereocenters. The molecule has 0 saturated carbocycles. The number of hydrogen-bond acceptors (Lipinski definition) is 17. The molecule has 4 aliphatic rings. The number of carbonyl (C=O) groups excluding carboxylic acids is 7. The van der Waals surface area contributed by atoms with Gasteiger partial charge in [0.2, 0.25) is 41.4 Å². The Labute approximate surface area is 498 Å². The Kier molecular flexibility index (Phi) is 26.8. The molecule has 2 aromatic carbocycles. The smallest absolute Gasteiger partial charge is 0.248 e. The maximum Gasteiger partial charge on any atom is 0.248 e. The van der Waals surface area contributed by atoms with E-state index in [-0.39, 0.29) is 37.4 Å². The predicted molar refractivity (Wildman–Crippen MR) is 311 cm³/mol. The van der Waals surface area contributed by atoms with Gasteiger partial charge in [0.1, 0.15) is 60.3 Å². The number of rotatable bonds is 23. The maximum absolute atomic E-state index is 14.7. The quantitative estimate of drug-likeness (QED) is 0.0679. The van der Waals surface area contributed by atoms with Gasteiger partial charge in [0.05, 0.1) is 31.5 Å². The number of unbranched alkanes of at least 4 members (excludes halogenated alkanes) is 7. The molecule has 474 valence electrons. The molecule has 85 heavy (non-hydrogen) atoms. The Balaban J connectivity index is 1.33. The van der Waals surface area contributed by atoms with Crippen LogP contribution in [0.15, 0.2) is 48.5 Å². The standard InChI is InChI=1S/C61H94N8O16/c1-5-36(2)20-14-10-8-6-7-9-11-17-23-48(75)62-43-30-47(74)59(85-35-39-21-15-12-16-22-39)66-58(82)51-52(76)37(3)31-69(51)60(83)44(34-70)63-57(81)50(54(78)53(77)40-24-25-46(73)41(28-40)32-67-26-18-13-19-27-67)65-56(80)45-29-42(72)33-68(45)61(84)49(38(4)71)64-55(43)79/h12,15-16,21-22,24-25,28,36-38,42-45,47,49-54,59,70-74,76-78H,5-11,13-14,17-20,23,26-27,29-35H2,1-4H3,(H,62,75)(H,63,81)(H,64,79)(H,65,80)(H,66,82)/t36?,37-,38+,42+,43-,44-,45-,47+,49-,50-,51-,52-,53-,54-,59+/m0/s1. The average molecular weight is 1200 g/mol. The van der Waals surface area contributed by atoms with Crippen molar-refractivity contribution in [2.24, 2.45) is 11.8 Å². The molecule has 24 nitrogen and oxygen atoms in total. The van der Waals surface area contributed by atoms with Crippen molar-refractivity contribution in [3.8, 4) is 5.75 Å². The fraction of sp³-hybridized carbons (Fsp3) is 0.689. The molecule has 4 aliphatic heterocycles. The summed E-state index contributed by atoms with van der Waals surface area (Å²) in [5, 5.41) is 104. The summed E-state index contributed by atoms with van der Waals surface area (Å²) in [6, 6.07) is 1.45. The topological polar surface area (TPSA) is 360 Å². The molecule has 0 aromatic heterocycles. The van der Waals surface area contributed by atoms with E-state index < -0.39 is 152 Å². The van der Waals surface area contributed by atoms with Crippen LogP contribution in [0.1, 0.15) is 153 Å². The first-order valence-electron chi connectivity index (χ1n) is 30.6. The van der Waals surface area contributed by atoms with Gasteiger partial charge in [0, 0.05) is 50.4 Å².